The van der Waals surface area contributed by atoms with Gasteiger partial charge in [-0.05, 0) is 24.1 Å². The Hall–Kier alpha value is -1.22. The quantitative estimate of drug-likeness (QED) is 0.753. The lowest BCUT2D eigenvalue weighted by molar-refractivity contribution is 1.14. The van der Waals surface area contributed by atoms with Gasteiger partial charge >= 0.3 is 0 Å². The van der Waals surface area contributed by atoms with E-state index < -0.39 is 0 Å². The zero-order valence-corrected chi connectivity index (χ0v) is 10.0. The molecule has 76 valence electrons. The summed E-state index contributed by atoms with van der Waals surface area (Å²) in [4.78, 5) is 0. The maximum atomic E-state index is 7.13. The highest BCUT2D eigenvalue weighted by Crippen LogP contribution is 2.34. The summed E-state index contributed by atoms with van der Waals surface area (Å²) in [7, 11) is 0. The third-order valence-electron chi connectivity index (χ3n) is 2.55. The van der Waals surface area contributed by atoms with Gasteiger partial charge in [-0.2, -0.15) is 5.11 Å². The summed E-state index contributed by atoms with van der Waals surface area (Å²) in [5.74, 6) is 0. The second-order valence-electron chi connectivity index (χ2n) is 3.37. The minimum Gasteiger partial charge on any atom is -0.204 e. The van der Waals surface area contributed by atoms with Gasteiger partial charge in [-0.25, -0.2) is 5.53 Å². The monoisotopic (exact) mass is 262 g/mol. The fraction of sp³-hybridized carbons (Fsp3) is 0.167. The Balaban J connectivity index is 2.92. The van der Waals surface area contributed by atoms with E-state index in [1.165, 1.54) is 10.9 Å². The van der Waals surface area contributed by atoms with Crippen molar-refractivity contribution in [3.8, 4) is 0 Å². The van der Waals surface area contributed by atoms with Crippen LogP contribution in [-0.4, -0.2) is 0 Å². The van der Waals surface area contributed by atoms with Gasteiger partial charge in [-0.15, -0.1) is 0 Å². The Morgan fingerprint density at radius 3 is 2.73 bits per heavy atom. The first kappa shape index (κ1) is 10.3. The average Bonchev–Trinajstić information content (AvgIpc) is 2.29. The van der Waals surface area contributed by atoms with Crippen LogP contribution < -0.4 is 0 Å². The summed E-state index contributed by atoms with van der Waals surface area (Å²) in [6.07, 6.45) is 0.984. The second kappa shape index (κ2) is 4.11. The molecule has 3 heteroatoms. The lowest BCUT2D eigenvalue weighted by atomic mass is 10.0. The largest absolute Gasteiger partial charge is 0.204 e. The lowest BCUT2D eigenvalue weighted by Crippen LogP contribution is -1.84. The lowest BCUT2D eigenvalue weighted by Gasteiger charge is -2.07. The van der Waals surface area contributed by atoms with Gasteiger partial charge in [0.05, 0.1) is 5.69 Å². The molecule has 1 N–H and O–H groups in total. The molecule has 0 saturated heterocycles. The van der Waals surface area contributed by atoms with Crippen molar-refractivity contribution in [1.29, 1.82) is 5.53 Å². The normalized spacial score (nSPS) is 10.5. The molecule has 2 nitrogen and oxygen atoms in total. The van der Waals surface area contributed by atoms with E-state index in [1.54, 1.807) is 0 Å². The van der Waals surface area contributed by atoms with E-state index in [4.69, 9.17) is 5.53 Å². The van der Waals surface area contributed by atoms with Crippen molar-refractivity contribution < 1.29 is 0 Å². The van der Waals surface area contributed by atoms with Crippen LogP contribution >= 0.6 is 15.9 Å². The van der Waals surface area contributed by atoms with Crippen molar-refractivity contribution in [1.82, 2.24) is 0 Å². The molecule has 0 bridgehead atoms. The molecule has 0 saturated carbocycles. The molecule has 2 aromatic rings. The van der Waals surface area contributed by atoms with Gasteiger partial charge in [0.1, 0.15) is 0 Å². The molecule has 0 aliphatic rings. The van der Waals surface area contributed by atoms with Gasteiger partial charge in [-0.1, -0.05) is 41.1 Å². The van der Waals surface area contributed by atoms with Crippen LogP contribution in [-0.2, 0) is 6.42 Å². The van der Waals surface area contributed by atoms with E-state index in [9.17, 15) is 0 Å². The summed E-state index contributed by atoms with van der Waals surface area (Å²) in [6, 6.07) is 9.95. The number of nitrogens with one attached hydrogen (secondary N) is 1. The fourth-order valence-corrected chi connectivity index (χ4v) is 2.41. The van der Waals surface area contributed by atoms with Gasteiger partial charge in [0.2, 0.25) is 0 Å². The molecule has 2 rings (SSSR count). The molecule has 0 radical (unpaired) electrons. The Labute approximate surface area is 96.9 Å². The van der Waals surface area contributed by atoms with Crippen LogP contribution in [0.25, 0.3) is 10.8 Å². The molecule has 15 heavy (non-hydrogen) atoms. The Morgan fingerprint density at radius 2 is 2.07 bits per heavy atom. The second-order valence-corrected chi connectivity index (χ2v) is 4.23. The molecule has 0 atom stereocenters. The van der Waals surface area contributed by atoms with Crippen LogP contribution in [0.15, 0.2) is 39.9 Å². The number of hydrogen-bond acceptors (Lipinski definition) is 2. The van der Waals surface area contributed by atoms with Crippen LogP contribution in [0.5, 0.6) is 0 Å². The third-order valence-corrected chi connectivity index (χ3v) is 3.22. The summed E-state index contributed by atoms with van der Waals surface area (Å²) in [6.45, 7) is 2.13. The molecule has 0 spiro atoms. The van der Waals surface area contributed by atoms with Crippen molar-refractivity contribution in [2.75, 3.05) is 0 Å². The number of benzene rings is 2. The number of nitrogens with zero attached hydrogens (tertiary/aromatic N) is 1. The summed E-state index contributed by atoms with van der Waals surface area (Å²) < 4.78 is 1.07. The predicted molar refractivity (Wildman–Crippen MR) is 65.8 cm³/mol. The van der Waals surface area contributed by atoms with Crippen molar-refractivity contribution in [3.05, 3.63) is 40.4 Å². The maximum absolute atomic E-state index is 7.13. The third kappa shape index (κ3) is 1.67. The standard InChI is InChI=1S/C12H11BrN2/c1-2-8-4-3-5-9-11(15-14)7-6-10(13)12(8)9/h3-7,14H,2H2,1H3. The Morgan fingerprint density at radius 1 is 1.27 bits per heavy atom. The van der Waals surface area contributed by atoms with E-state index in [2.05, 4.69) is 34.0 Å². The van der Waals surface area contributed by atoms with Gasteiger partial charge < -0.3 is 0 Å². The Kier molecular flexibility index (Phi) is 2.82. The number of halogens is 1. The molecule has 0 aliphatic heterocycles. The highest BCUT2D eigenvalue weighted by Gasteiger charge is 2.06. The van der Waals surface area contributed by atoms with Crippen LogP contribution in [0.4, 0.5) is 5.69 Å². The van der Waals surface area contributed by atoms with Crippen molar-refractivity contribution >= 4 is 32.4 Å². The highest BCUT2D eigenvalue weighted by atomic mass is 79.9. The highest BCUT2D eigenvalue weighted by molar-refractivity contribution is 9.10. The number of aryl methyl sites for hydroxylation is 1. The predicted octanol–water partition coefficient (Wildman–Crippen LogP) is 4.83. The van der Waals surface area contributed by atoms with Crippen LogP contribution in [0.2, 0.25) is 0 Å². The molecule has 0 aromatic heterocycles. The summed E-state index contributed by atoms with van der Waals surface area (Å²) >= 11 is 3.55. The average molecular weight is 263 g/mol. The van der Waals surface area contributed by atoms with Gasteiger partial charge in [0, 0.05) is 15.2 Å². The molecule has 0 aliphatic carbocycles. The van der Waals surface area contributed by atoms with Crippen LogP contribution in [0, 0.1) is 5.53 Å². The summed E-state index contributed by atoms with van der Waals surface area (Å²) in [5, 5.41) is 5.76. The van der Waals surface area contributed by atoms with Crippen LogP contribution in [0.1, 0.15) is 12.5 Å². The SMILES string of the molecule is CCc1cccc2c(N=N)ccc(Br)c12. The molecule has 0 fully saturated rings. The topological polar surface area (TPSA) is 36.2 Å². The van der Waals surface area contributed by atoms with Crippen molar-refractivity contribution in [2.24, 2.45) is 5.11 Å². The first-order valence-corrected chi connectivity index (χ1v) is 5.64. The first-order valence-electron chi connectivity index (χ1n) is 4.85. The zero-order chi connectivity index (χ0) is 10.8. The minimum absolute atomic E-state index is 0.725. The van der Waals surface area contributed by atoms with Gasteiger partial charge in [0.15, 0.2) is 0 Å². The number of hydrogen-bond donors (Lipinski definition) is 1. The molecule has 0 unspecified atom stereocenters. The van der Waals surface area contributed by atoms with E-state index in [-0.39, 0.29) is 0 Å². The molecule has 2 aromatic carbocycles. The van der Waals surface area contributed by atoms with Crippen LogP contribution in [0.3, 0.4) is 0 Å². The number of rotatable bonds is 2. The molecule has 0 amide bonds. The molecular weight excluding hydrogens is 252 g/mol. The van der Waals surface area contributed by atoms with Gasteiger partial charge in [0.25, 0.3) is 0 Å². The van der Waals surface area contributed by atoms with E-state index in [0.29, 0.717) is 0 Å². The van der Waals surface area contributed by atoms with Crippen molar-refractivity contribution in [3.63, 3.8) is 0 Å². The summed E-state index contributed by atoms with van der Waals surface area (Å²) in [5.41, 5.74) is 9.14. The maximum Gasteiger partial charge on any atom is 0.0929 e. The Bertz CT molecular complexity index is 520. The van der Waals surface area contributed by atoms with E-state index in [0.717, 1.165) is 22.0 Å². The van der Waals surface area contributed by atoms with Crippen molar-refractivity contribution in [2.45, 2.75) is 13.3 Å². The smallest absolute Gasteiger partial charge is 0.0929 e. The minimum atomic E-state index is 0.725. The van der Waals surface area contributed by atoms with E-state index in [1.807, 2.05) is 24.3 Å². The number of fused-ring (bicyclic) bond motifs is 1. The molecule has 0 heterocycles. The first-order chi connectivity index (χ1) is 7.27. The molecular formula is C12H11BrN2. The zero-order valence-electron chi connectivity index (χ0n) is 8.42. The van der Waals surface area contributed by atoms with Gasteiger partial charge in [-0.3, -0.25) is 0 Å². The van der Waals surface area contributed by atoms with E-state index >= 15 is 0 Å². The fourth-order valence-electron chi connectivity index (χ4n) is 1.81.